The molecule has 154 valence electrons. The number of nitrogens with zero attached hydrogens (tertiary/aromatic N) is 4. The Kier molecular flexibility index (Phi) is 6.12. The number of unbranched alkanes of at least 4 members (excludes halogenated alkanes) is 1. The molecule has 0 atom stereocenters. The van der Waals surface area contributed by atoms with E-state index in [1.165, 1.54) is 6.07 Å². The van der Waals surface area contributed by atoms with Gasteiger partial charge < -0.3 is 9.15 Å². The third kappa shape index (κ3) is 4.89. The van der Waals surface area contributed by atoms with Crippen molar-refractivity contribution >= 4 is 0 Å². The molecule has 4 aromatic rings. The summed E-state index contributed by atoms with van der Waals surface area (Å²) in [5.74, 6) is 1.71. The number of hydrogen-bond donors (Lipinski definition) is 1. The molecule has 2 heterocycles. The molecule has 0 fully saturated rings. The number of halogens is 1. The zero-order chi connectivity index (χ0) is 20.8. The van der Waals surface area contributed by atoms with Gasteiger partial charge in [0.15, 0.2) is 17.4 Å². The molecule has 0 saturated heterocycles. The summed E-state index contributed by atoms with van der Waals surface area (Å²) < 4.78 is 25.8. The minimum atomic E-state index is -0.380. The molecule has 4 rings (SSSR count). The number of hydrogen-bond acceptors (Lipinski definition) is 6. The number of benzene rings is 2. The first kappa shape index (κ1) is 19.8. The van der Waals surface area contributed by atoms with E-state index in [9.17, 15) is 4.39 Å². The smallest absolute Gasteiger partial charge is 0.226 e. The number of rotatable bonds is 9. The van der Waals surface area contributed by atoms with Crippen LogP contribution in [0, 0.1) is 12.7 Å². The Labute approximate surface area is 173 Å². The number of ether oxygens (including phenoxy) is 1. The second kappa shape index (κ2) is 9.30. The van der Waals surface area contributed by atoms with Crippen LogP contribution in [-0.4, -0.2) is 25.6 Å². The van der Waals surface area contributed by atoms with Crippen LogP contribution in [0.2, 0.25) is 0 Å². The average molecular weight is 407 g/mol. The lowest BCUT2D eigenvalue weighted by molar-refractivity contribution is 0.284. The predicted octanol–water partition coefficient (Wildman–Crippen LogP) is 4.45. The first-order chi connectivity index (χ1) is 14.7. The molecule has 0 bridgehead atoms. The Morgan fingerprint density at radius 3 is 2.67 bits per heavy atom. The molecule has 0 aliphatic rings. The zero-order valence-corrected chi connectivity index (χ0v) is 16.6. The quantitative estimate of drug-likeness (QED) is 0.412. The van der Waals surface area contributed by atoms with Crippen molar-refractivity contribution in [2.24, 2.45) is 0 Å². The Morgan fingerprint density at radius 2 is 1.90 bits per heavy atom. The van der Waals surface area contributed by atoms with Gasteiger partial charge in [0.25, 0.3) is 0 Å². The summed E-state index contributed by atoms with van der Waals surface area (Å²) in [7, 11) is 0. The first-order valence-corrected chi connectivity index (χ1v) is 9.84. The molecule has 0 amide bonds. The highest BCUT2D eigenvalue weighted by atomic mass is 19.1. The largest absolute Gasteiger partial charge is 0.484 e. The summed E-state index contributed by atoms with van der Waals surface area (Å²) in [5.41, 5.74) is 2.47. The van der Waals surface area contributed by atoms with E-state index in [0.29, 0.717) is 23.2 Å². The van der Waals surface area contributed by atoms with Crippen LogP contribution in [0.25, 0.3) is 11.5 Å². The van der Waals surface area contributed by atoms with Crippen LogP contribution in [0.5, 0.6) is 5.75 Å². The molecule has 2 aromatic carbocycles. The van der Waals surface area contributed by atoms with E-state index in [0.717, 1.165) is 36.8 Å². The number of nitrogens with one attached hydrogen (secondary N) is 1. The normalized spacial score (nSPS) is 11.0. The highest BCUT2D eigenvalue weighted by molar-refractivity contribution is 5.53. The van der Waals surface area contributed by atoms with E-state index < -0.39 is 0 Å². The van der Waals surface area contributed by atoms with Crippen molar-refractivity contribution in [2.75, 3.05) is 0 Å². The molecular weight excluding hydrogens is 385 g/mol. The lowest BCUT2D eigenvalue weighted by Gasteiger charge is -2.08. The van der Waals surface area contributed by atoms with Gasteiger partial charge in [0, 0.05) is 12.0 Å². The molecular formula is C22H22FN5O2. The van der Waals surface area contributed by atoms with Gasteiger partial charge in [-0.15, -0.1) is 10.2 Å². The lowest BCUT2D eigenvalue weighted by Crippen LogP contribution is -2.00. The second-order valence-corrected chi connectivity index (χ2v) is 6.98. The molecule has 1 N–H and O–H groups in total. The topological polar surface area (TPSA) is 89.7 Å². The summed E-state index contributed by atoms with van der Waals surface area (Å²) in [4.78, 5) is 4.48. The molecule has 0 aliphatic carbocycles. The van der Waals surface area contributed by atoms with E-state index in [2.05, 4.69) is 25.6 Å². The van der Waals surface area contributed by atoms with Crippen molar-refractivity contribution in [2.45, 2.75) is 39.2 Å². The van der Waals surface area contributed by atoms with E-state index in [-0.39, 0.29) is 18.2 Å². The molecule has 8 heteroatoms. The number of H-pyrrole nitrogens is 1. The number of oxazole rings is 1. The van der Waals surface area contributed by atoms with E-state index >= 15 is 0 Å². The highest BCUT2D eigenvalue weighted by Crippen LogP contribution is 2.24. The minimum absolute atomic E-state index is 0.142. The van der Waals surface area contributed by atoms with Crippen molar-refractivity contribution in [3.63, 3.8) is 0 Å². The minimum Gasteiger partial charge on any atom is -0.484 e. The Bertz CT molecular complexity index is 1080. The fraction of sp³-hybridized carbons (Fsp3) is 0.273. The monoisotopic (exact) mass is 407 g/mol. The Balaban J connectivity index is 1.31. The maximum atomic E-state index is 14.5. The Morgan fingerprint density at radius 1 is 1.07 bits per heavy atom. The van der Waals surface area contributed by atoms with Crippen molar-refractivity contribution in [1.29, 1.82) is 0 Å². The number of aromatic nitrogens is 5. The van der Waals surface area contributed by atoms with Gasteiger partial charge in [-0.05, 0) is 56.0 Å². The van der Waals surface area contributed by atoms with Crippen molar-refractivity contribution in [3.05, 3.63) is 77.2 Å². The van der Waals surface area contributed by atoms with Crippen LogP contribution >= 0.6 is 0 Å². The Hall–Kier alpha value is -3.55. The highest BCUT2D eigenvalue weighted by Gasteiger charge is 2.13. The summed E-state index contributed by atoms with van der Waals surface area (Å²) >= 11 is 0. The SMILES string of the molecule is Cc1oc(-c2ccccc2)nc1COc1ccc(CCCCc2nn[nH]n2)cc1F. The average Bonchev–Trinajstić information content (AvgIpc) is 3.41. The van der Waals surface area contributed by atoms with Crippen LogP contribution in [0.4, 0.5) is 4.39 Å². The van der Waals surface area contributed by atoms with Crippen molar-refractivity contribution in [1.82, 2.24) is 25.6 Å². The summed E-state index contributed by atoms with van der Waals surface area (Å²) in [6, 6.07) is 14.7. The van der Waals surface area contributed by atoms with Gasteiger partial charge in [0.05, 0.1) is 0 Å². The van der Waals surface area contributed by atoms with E-state index in [1.54, 1.807) is 6.07 Å². The molecule has 0 spiro atoms. The van der Waals surface area contributed by atoms with Gasteiger partial charge in [-0.1, -0.05) is 29.5 Å². The molecule has 0 unspecified atom stereocenters. The van der Waals surface area contributed by atoms with Gasteiger partial charge in [-0.2, -0.15) is 5.21 Å². The van der Waals surface area contributed by atoms with Gasteiger partial charge in [0.1, 0.15) is 18.1 Å². The maximum Gasteiger partial charge on any atom is 0.226 e. The van der Waals surface area contributed by atoms with Crippen LogP contribution < -0.4 is 4.74 Å². The summed E-state index contributed by atoms with van der Waals surface area (Å²) in [5, 5.41) is 13.8. The third-order valence-corrected chi connectivity index (χ3v) is 4.78. The second-order valence-electron chi connectivity index (χ2n) is 6.98. The van der Waals surface area contributed by atoms with Gasteiger partial charge in [0.2, 0.25) is 5.89 Å². The number of tetrazole rings is 1. The number of aryl methyl sites for hydroxylation is 3. The fourth-order valence-corrected chi connectivity index (χ4v) is 3.13. The molecule has 0 saturated carbocycles. The van der Waals surface area contributed by atoms with Gasteiger partial charge >= 0.3 is 0 Å². The summed E-state index contributed by atoms with van der Waals surface area (Å²) in [6.07, 6.45) is 3.35. The molecule has 7 nitrogen and oxygen atoms in total. The molecule has 2 aromatic heterocycles. The van der Waals surface area contributed by atoms with Crippen LogP contribution in [0.3, 0.4) is 0 Å². The number of aromatic amines is 1. The third-order valence-electron chi connectivity index (χ3n) is 4.78. The van der Waals surface area contributed by atoms with Gasteiger partial charge in [-0.3, -0.25) is 0 Å². The molecule has 0 radical (unpaired) electrons. The van der Waals surface area contributed by atoms with Crippen molar-refractivity contribution < 1.29 is 13.5 Å². The van der Waals surface area contributed by atoms with Crippen LogP contribution in [0.15, 0.2) is 52.9 Å². The van der Waals surface area contributed by atoms with Gasteiger partial charge in [-0.25, -0.2) is 9.37 Å². The lowest BCUT2D eigenvalue weighted by atomic mass is 10.1. The van der Waals surface area contributed by atoms with Crippen LogP contribution in [0.1, 0.15) is 35.7 Å². The predicted molar refractivity (Wildman–Crippen MR) is 108 cm³/mol. The standard InChI is InChI=1S/C22H22FN5O2/c1-15-19(24-22(30-15)17-8-3-2-4-9-17)14-29-20-12-11-16(13-18(20)23)7-5-6-10-21-25-27-28-26-21/h2-4,8-9,11-13H,5-7,10,14H2,1H3,(H,25,26,27,28). The maximum absolute atomic E-state index is 14.5. The van der Waals surface area contributed by atoms with Crippen molar-refractivity contribution in [3.8, 4) is 17.2 Å². The molecule has 0 aliphatic heterocycles. The fourth-order valence-electron chi connectivity index (χ4n) is 3.13. The zero-order valence-electron chi connectivity index (χ0n) is 16.6. The van der Waals surface area contributed by atoms with Crippen LogP contribution in [-0.2, 0) is 19.4 Å². The molecule has 30 heavy (non-hydrogen) atoms. The van der Waals surface area contributed by atoms with E-state index in [1.807, 2.05) is 43.3 Å². The van der Waals surface area contributed by atoms with E-state index in [4.69, 9.17) is 9.15 Å². The summed E-state index contributed by atoms with van der Waals surface area (Å²) in [6.45, 7) is 1.97. The first-order valence-electron chi connectivity index (χ1n) is 9.84.